The van der Waals surface area contributed by atoms with E-state index >= 15 is 0 Å². The van der Waals surface area contributed by atoms with Crippen molar-refractivity contribution in [3.8, 4) is 15.9 Å². The van der Waals surface area contributed by atoms with Gasteiger partial charge in [-0.3, -0.25) is 0 Å². The van der Waals surface area contributed by atoms with E-state index in [9.17, 15) is 0 Å². The number of fused-ring (bicyclic) bond motifs is 1. The molecular weight excluding hydrogens is 228 g/mol. The lowest BCUT2D eigenvalue weighted by Crippen LogP contribution is -1.72. The monoisotopic (exact) mass is 234 g/mol. The van der Waals surface area contributed by atoms with Gasteiger partial charge in [0.2, 0.25) is 5.88 Å². The van der Waals surface area contributed by atoms with E-state index in [-0.39, 0.29) is 5.88 Å². The van der Waals surface area contributed by atoms with Crippen molar-refractivity contribution in [3.05, 3.63) is 29.6 Å². The predicted octanol–water partition coefficient (Wildman–Crippen LogP) is 3.13. The molecule has 0 atom stereocenters. The van der Waals surface area contributed by atoms with Gasteiger partial charge in [0.05, 0.1) is 15.6 Å². The third-order valence-corrected chi connectivity index (χ3v) is 3.98. The molecule has 74 valence electrons. The van der Waals surface area contributed by atoms with Crippen molar-refractivity contribution in [3.63, 3.8) is 0 Å². The summed E-state index contributed by atoms with van der Waals surface area (Å²) in [5.41, 5.74) is 0.979. The molecule has 2 heterocycles. The van der Waals surface area contributed by atoms with E-state index in [4.69, 9.17) is 5.11 Å². The minimum atomic E-state index is 0.0641. The normalized spacial score (nSPS) is 10.9. The quantitative estimate of drug-likeness (QED) is 0.703. The Bertz CT molecular complexity index is 581. The predicted molar refractivity (Wildman–Crippen MR) is 62.4 cm³/mol. The van der Waals surface area contributed by atoms with Crippen molar-refractivity contribution in [2.24, 2.45) is 0 Å². The topological polar surface area (TPSA) is 46.0 Å². The number of benzene rings is 1. The molecule has 0 fully saturated rings. The largest absolute Gasteiger partial charge is 0.493 e. The van der Waals surface area contributed by atoms with Crippen LogP contribution in [0.2, 0.25) is 0 Å². The van der Waals surface area contributed by atoms with Crippen LogP contribution in [0.4, 0.5) is 0 Å². The smallest absolute Gasteiger partial charge is 0.222 e. The molecule has 0 radical (unpaired) electrons. The molecular formula is C10H6N2OS2. The molecule has 3 nitrogen and oxygen atoms in total. The van der Waals surface area contributed by atoms with Crippen LogP contribution < -0.4 is 0 Å². The standard InChI is InChI=1S/C10H6N2OS2/c13-8-5-14-9(12-8)10-11-6-3-1-2-4-7(6)15-10/h1-5,13H. The Hall–Kier alpha value is -1.46. The fourth-order valence-corrected chi connectivity index (χ4v) is 3.01. The number of hydrogen-bond donors (Lipinski definition) is 1. The van der Waals surface area contributed by atoms with Gasteiger partial charge < -0.3 is 5.11 Å². The highest BCUT2D eigenvalue weighted by atomic mass is 32.1. The molecule has 0 amide bonds. The van der Waals surface area contributed by atoms with Crippen molar-refractivity contribution in [2.45, 2.75) is 0 Å². The average molecular weight is 234 g/mol. The Kier molecular flexibility index (Phi) is 1.93. The maximum atomic E-state index is 9.17. The van der Waals surface area contributed by atoms with Crippen molar-refractivity contribution in [1.29, 1.82) is 0 Å². The number of nitrogens with zero attached hydrogens (tertiary/aromatic N) is 2. The fraction of sp³-hybridized carbons (Fsp3) is 0. The van der Waals surface area contributed by atoms with Crippen LogP contribution in [0.25, 0.3) is 20.2 Å². The molecule has 0 saturated carbocycles. The molecule has 0 unspecified atom stereocenters. The Labute approximate surface area is 93.7 Å². The average Bonchev–Trinajstić information content (AvgIpc) is 2.82. The van der Waals surface area contributed by atoms with Crippen molar-refractivity contribution < 1.29 is 5.11 Å². The van der Waals surface area contributed by atoms with Crippen molar-refractivity contribution >= 4 is 32.9 Å². The molecule has 15 heavy (non-hydrogen) atoms. The molecule has 1 aromatic carbocycles. The second kappa shape index (κ2) is 3.29. The second-order valence-electron chi connectivity index (χ2n) is 3.00. The van der Waals surface area contributed by atoms with Gasteiger partial charge in [0.15, 0.2) is 10.0 Å². The highest BCUT2D eigenvalue weighted by Crippen LogP contribution is 2.32. The molecule has 5 heteroatoms. The van der Waals surface area contributed by atoms with Gasteiger partial charge in [0.25, 0.3) is 0 Å². The third kappa shape index (κ3) is 1.49. The number of aromatic nitrogens is 2. The first-order valence-electron chi connectivity index (χ1n) is 4.33. The van der Waals surface area contributed by atoms with Crippen molar-refractivity contribution in [1.82, 2.24) is 9.97 Å². The highest BCUT2D eigenvalue weighted by Gasteiger charge is 2.09. The van der Waals surface area contributed by atoms with Crippen LogP contribution in [0.3, 0.4) is 0 Å². The molecule has 0 aliphatic carbocycles. The van der Waals surface area contributed by atoms with Gasteiger partial charge in [-0.1, -0.05) is 12.1 Å². The first kappa shape index (κ1) is 8.82. The first-order chi connectivity index (χ1) is 7.33. The Morgan fingerprint density at radius 1 is 1.07 bits per heavy atom. The minimum absolute atomic E-state index is 0.0641. The summed E-state index contributed by atoms with van der Waals surface area (Å²) in [6, 6.07) is 7.96. The number of hydrogen-bond acceptors (Lipinski definition) is 5. The van der Waals surface area contributed by atoms with E-state index in [1.165, 1.54) is 11.3 Å². The zero-order valence-corrected chi connectivity index (χ0v) is 9.18. The summed E-state index contributed by atoms with van der Waals surface area (Å²) in [6.45, 7) is 0. The van der Waals surface area contributed by atoms with Crippen LogP contribution in [0.15, 0.2) is 29.6 Å². The van der Waals surface area contributed by atoms with Gasteiger partial charge in [-0.15, -0.1) is 22.7 Å². The van der Waals surface area contributed by atoms with Crippen LogP contribution in [0, 0.1) is 0 Å². The summed E-state index contributed by atoms with van der Waals surface area (Å²) in [6.07, 6.45) is 0. The maximum Gasteiger partial charge on any atom is 0.222 e. The van der Waals surface area contributed by atoms with E-state index in [0.717, 1.165) is 20.2 Å². The first-order valence-corrected chi connectivity index (χ1v) is 6.03. The van der Waals surface area contributed by atoms with Crippen LogP contribution in [-0.2, 0) is 0 Å². The van der Waals surface area contributed by atoms with E-state index in [1.54, 1.807) is 16.7 Å². The van der Waals surface area contributed by atoms with Crippen molar-refractivity contribution in [2.75, 3.05) is 0 Å². The van der Waals surface area contributed by atoms with Crippen LogP contribution in [-0.4, -0.2) is 15.1 Å². The second-order valence-corrected chi connectivity index (χ2v) is 4.89. The summed E-state index contributed by atoms with van der Waals surface area (Å²) in [7, 11) is 0. The Balaban J connectivity index is 2.19. The van der Waals surface area contributed by atoms with Gasteiger partial charge in [-0.25, -0.2) is 4.98 Å². The van der Waals surface area contributed by atoms with E-state index in [0.29, 0.717) is 0 Å². The fourth-order valence-electron chi connectivity index (χ4n) is 1.33. The van der Waals surface area contributed by atoms with Crippen LogP contribution >= 0.6 is 22.7 Å². The molecule has 2 aromatic heterocycles. The van der Waals surface area contributed by atoms with Gasteiger partial charge in [-0.2, -0.15) is 4.98 Å². The third-order valence-electron chi connectivity index (χ3n) is 1.97. The molecule has 0 aliphatic heterocycles. The minimum Gasteiger partial charge on any atom is -0.493 e. The Morgan fingerprint density at radius 2 is 1.93 bits per heavy atom. The summed E-state index contributed by atoms with van der Waals surface area (Å²) < 4.78 is 1.14. The lowest BCUT2D eigenvalue weighted by Gasteiger charge is -1.83. The molecule has 3 rings (SSSR count). The SMILES string of the molecule is Oc1csc(-c2nc3ccccc3s2)n1. The molecule has 0 spiro atoms. The molecule has 0 bridgehead atoms. The van der Waals surface area contributed by atoms with E-state index in [2.05, 4.69) is 9.97 Å². The molecule has 0 saturated heterocycles. The van der Waals surface area contributed by atoms with Crippen LogP contribution in [0.5, 0.6) is 5.88 Å². The highest BCUT2D eigenvalue weighted by molar-refractivity contribution is 7.25. The molecule has 3 aromatic rings. The van der Waals surface area contributed by atoms with Gasteiger partial charge in [0.1, 0.15) is 0 Å². The Morgan fingerprint density at radius 3 is 2.67 bits per heavy atom. The number of rotatable bonds is 1. The summed E-state index contributed by atoms with van der Waals surface area (Å²) in [5, 5.41) is 12.4. The van der Waals surface area contributed by atoms with E-state index < -0.39 is 0 Å². The molecule has 0 aliphatic rings. The number of aromatic hydroxyl groups is 1. The number of thiazole rings is 2. The zero-order valence-electron chi connectivity index (χ0n) is 7.54. The maximum absolute atomic E-state index is 9.17. The lowest BCUT2D eigenvalue weighted by molar-refractivity contribution is 0.458. The lowest BCUT2D eigenvalue weighted by atomic mass is 10.3. The van der Waals surface area contributed by atoms with Gasteiger partial charge in [0, 0.05) is 0 Å². The summed E-state index contributed by atoms with van der Waals surface area (Å²) in [5.74, 6) is 0.0641. The number of para-hydroxylation sites is 1. The van der Waals surface area contributed by atoms with Gasteiger partial charge in [-0.05, 0) is 12.1 Å². The van der Waals surface area contributed by atoms with Crippen LogP contribution in [0.1, 0.15) is 0 Å². The summed E-state index contributed by atoms with van der Waals surface area (Å²) in [4.78, 5) is 8.45. The molecule has 1 N–H and O–H groups in total. The van der Waals surface area contributed by atoms with E-state index in [1.807, 2.05) is 24.3 Å². The summed E-state index contributed by atoms with van der Waals surface area (Å²) >= 11 is 2.99. The zero-order chi connectivity index (χ0) is 10.3. The van der Waals surface area contributed by atoms with Gasteiger partial charge >= 0.3 is 0 Å².